The highest BCUT2D eigenvalue weighted by atomic mass is 79.9. The van der Waals surface area contributed by atoms with Gasteiger partial charge in [0.2, 0.25) is 0 Å². The molecule has 0 aliphatic carbocycles. The third-order valence-electron chi connectivity index (χ3n) is 2.76. The van der Waals surface area contributed by atoms with Crippen LogP contribution in [-0.4, -0.2) is 6.54 Å². The lowest BCUT2D eigenvalue weighted by Gasteiger charge is -2.18. The molecule has 1 heterocycles. The Hall–Kier alpha value is -1.18. The van der Waals surface area contributed by atoms with Crippen molar-refractivity contribution in [2.75, 3.05) is 11.9 Å². The second-order valence-electron chi connectivity index (χ2n) is 4.29. The van der Waals surface area contributed by atoms with Crippen LogP contribution in [0.1, 0.15) is 17.4 Å². The Morgan fingerprint density at radius 2 is 2.05 bits per heavy atom. The van der Waals surface area contributed by atoms with Crippen molar-refractivity contribution in [1.29, 1.82) is 0 Å². The van der Waals surface area contributed by atoms with E-state index >= 15 is 0 Å². The number of alkyl halides is 3. The van der Waals surface area contributed by atoms with Crippen molar-refractivity contribution in [3.63, 3.8) is 0 Å². The quantitative estimate of drug-likeness (QED) is 0.795. The summed E-state index contributed by atoms with van der Waals surface area (Å²) >= 11 is 9.02. The Kier molecular flexibility index (Phi) is 4.85. The molecule has 2 rings (SSSR count). The van der Waals surface area contributed by atoms with Gasteiger partial charge in [0.1, 0.15) is 5.76 Å². The lowest BCUT2D eigenvalue weighted by Crippen LogP contribution is -2.20. The van der Waals surface area contributed by atoms with Gasteiger partial charge in [-0.3, -0.25) is 0 Å². The van der Waals surface area contributed by atoms with Crippen LogP contribution < -0.4 is 11.1 Å². The van der Waals surface area contributed by atoms with Crippen LogP contribution in [0, 0.1) is 0 Å². The number of furan rings is 1. The topological polar surface area (TPSA) is 51.2 Å². The number of rotatable bonds is 4. The number of anilines is 1. The van der Waals surface area contributed by atoms with Gasteiger partial charge in [-0.25, -0.2) is 0 Å². The Balaban J connectivity index is 2.30. The Bertz CT molecular complexity index is 630. The van der Waals surface area contributed by atoms with E-state index in [2.05, 4.69) is 21.2 Å². The van der Waals surface area contributed by atoms with Crippen LogP contribution >= 0.6 is 27.5 Å². The minimum absolute atomic E-state index is 0.0124. The van der Waals surface area contributed by atoms with Crippen LogP contribution in [-0.2, 0) is 6.18 Å². The van der Waals surface area contributed by atoms with Crippen molar-refractivity contribution in [1.82, 2.24) is 0 Å². The van der Waals surface area contributed by atoms with Gasteiger partial charge in [-0.1, -0.05) is 11.6 Å². The molecule has 0 spiro atoms. The molecule has 1 atom stereocenters. The van der Waals surface area contributed by atoms with Gasteiger partial charge < -0.3 is 15.5 Å². The summed E-state index contributed by atoms with van der Waals surface area (Å²) in [6.45, 7) is 0.139. The zero-order chi connectivity index (χ0) is 15.6. The minimum atomic E-state index is -4.47. The lowest BCUT2D eigenvalue weighted by molar-refractivity contribution is -0.137. The maximum atomic E-state index is 12.8. The first-order chi connectivity index (χ1) is 9.81. The molecular weight excluding hydrogens is 373 g/mol. The summed E-state index contributed by atoms with van der Waals surface area (Å²) in [5.74, 6) is 0.506. The van der Waals surface area contributed by atoms with Gasteiger partial charge in [0.05, 0.1) is 22.3 Å². The number of hydrogen-bond acceptors (Lipinski definition) is 3. The first kappa shape index (κ1) is 16.2. The van der Waals surface area contributed by atoms with Crippen LogP contribution in [0.3, 0.4) is 0 Å². The molecule has 0 fully saturated rings. The highest BCUT2D eigenvalue weighted by Gasteiger charge is 2.31. The first-order valence-electron chi connectivity index (χ1n) is 5.88. The lowest BCUT2D eigenvalue weighted by atomic mass is 10.1. The monoisotopic (exact) mass is 382 g/mol. The number of hydrogen-bond donors (Lipinski definition) is 2. The van der Waals surface area contributed by atoms with Gasteiger partial charge in [0, 0.05) is 17.3 Å². The van der Waals surface area contributed by atoms with E-state index in [-0.39, 0.29) is 17.3 Å². The van der Waals surface area contributed by atoms with Crippen LogP contribution in [0.5, 0.6) is 0 Å². The molecule has 21 heavy (non-hydrogen) atoms. The van der Waals surface area contributed by atoms with E-state index in [0.29, 0.717) is 10.2 Å². The molecule has 1 unspecified atom stereocenters. The molecule has 0 saturated carbocycles. The van der Waals surface area contributed by atoms with Gasteiger partial charge in [0.25, 0.3) is 0 Å². The van der Waals surface area contributed by atoms with Crippen molar-refractivity contribution in [3.05, 3.63) is 51.3 Å². The molecule has 1 aromatic heterocycles. The van der Waals surface area contributed by atoms with Crippen LogP contribution in [0.4, 0.5) is 18.9 Å². The fourth-order valence-electron chi connectivity index (χ4n) is 1.82. The largest absolute Gasteiger partial charge is 0.466 e. The summed E-state index contributed by atoms with van der Waals surface area (Å²) in [6.07, 6.45) is -3.01. The van der Waals surface area contributed by atoms with Crippen molar-refractivity contribution >= 4 is 33.2 Å². The third-order valence-corrected chi connectivity index (χ3v) is 3.64. The summed E-state index contributed by atoms with van der Waals surface area (Å²) in [5.41, 5.74) is 5.03. The average Bonchev–Trinajstić information content (AvgIpc) is 2.80. The molecule has 114 valence electrons. The zero-order valence-electron chi connectivity index (χ0n) is 10.5. The predicted molar refractivity (Wildman–Crippen MR) is 78.3 cm³/mol. The van der Waals surface area contributed by atoms with E-state index in [4.69, 9.17) is 21.8 Å². The molecule has 0 aliphatic heterocycles. The number of benzene rings is 1. The molecule has 2 aromatic rings. The molecule has 0 saturated heterocycles. The molecule has 3 nitrogen and oxygen atoms in total. The standard InChI is InChI=1S/C13H11BrClF3N2O/c14-10-1-2-21-12(10)11(6-19)20-9-4-7(13(16,17)18)3-8(15)5-9/h1-5,11,20H,6,19H2. The Morgan fingerprint density at radius 1 is 1.33 bits per heavy atom. The molecule has 0 amide bonds. The van der Waals surface area contributed by atoms with E-state index in [1.165, 1.54) is 12.3 Å². The maximum Gasteiger partial charge on any atom is 0.416 e. The van der Waals surface area contributed by atoms with E-state index in [1.54, 1.807) is 6.07 Å². The van der Waals surface area contributed by atoms with Crippen molar-refractivity contribution < 1.29 is 17.6 Å². The van der Waals surface area contributed by atoms with E-state index in [9.17, 15) is 13.2 Å². The van der Waals surface area contributed by atoms with Gasteiger partial charge in [-0.05, 0) is 40.2 Å². The highest BCUT2D eigenvalue weighted by Crippen LogP contribution is 2.34. The molecule has 0 aliphatic rings. The number of nitrogens with two attached hydrogens (primary N) is 1. The van der Waals surface area contributed by atoms with Gasteiger partial charge in [0.15, 0.2) is 0 Å². The van der Waals surface area contributed by atoms with E-state index in [1.807, 2.05) is 0 Å². The second-order valence-corrected chi connectivity index (χ2v) is 5.58. The normalized spacial score (nSPS) is 13.2. The first-order valence-corrected chi connectivity index (χ1v) is 7.05. The fraction of sp³-hybridized carbons (Fsp3) is 0.231. The molecule has 0 bridgehead atoms. The summed E-state index contributed by atoms with van der Waals surface area (Å²) in [6, 6.07) is 4.45. The minimum Gasteiger partial charge on any atom is -0.466 e. The summed E-state index contributed by atoms with van der Waals surface area (Å²) < 4.78 is 44.3. The van der Waals surface area contributed by atoms with Crippen LogP contribution in [0.2, 0.25) is 5.02 Å². The van der Waals surface area contributed by atoms with E-state index < -0.39 is 17.8 Å². The molecule has 1 aromatic carbocycles. The highest BCUT2D eigenvalue weighted by molar-refractivity contribution is 9.10. The van der Waals surface area contributed by atoms with Crippen molar-refractivity contribution in [2.24, 2.45) is 5.73 Å². The summed E-state index contributed by atoms with van der Waals surface area (Å²) in [5, 5.41) is 2.88. The van der Waals surface area contributed by atoms with Crippen molar-refractivity contribution in [3.8, 4) is 0 Å². The second kappa shape index (κ2) is 6.29. The van der Waals surface area contributed by atoms with Crippen LogP contribution in [0.25, 0.3) is 0 Å². The summed E-state index contributed by atoms with van der Waals surface area (Å²) in [7, 11) is 0. The van der Waals surface area contributed by atoms with Crippen LogP contribution in [0.15, 0.2) is 39.4 Å². The average molecular weight is 384 g/mol. The molecule has 8 heteroatoms. The molecule has 0 radical (unpaired) electrons. The molecular formula is C13H11BrClF3N2O. The van der Waals surface area contributed by atoms with E-state index in [0.717, 1.165) is 12.1 Å². The van der Waals surface area contributed by atoms with Gasteiger partial charge in [-0.15, -0.1) is 0 Å². The van der Waals surface area contributed by atoms with Crippen molar-refractivity contribution in [2.45, 2.75) is 12.2 Å². The van der Waals surface area contributed by atoms with Gasteiger partial charge in [-0.2, -0.15) is 13.2 Å². The number of nitrogens with one attached hydrogen (secondary N) is 1. The maximum absolute atomic E-state index is 12.8. The Labute approximate surface area is 132 Å². The van der Waals surface area contributed by atoms with Gasteiger partial charge >= 0.3 is 6.18 Å². The third kappa shape index (κ3) is 3.93. The zero-order valence-corrected chi connectivity index (χ0v) is 12.9. The smallest absolute Gasteiger partial charge is 0.416 e. The molecule has 3 N–H and O–H groups in total. The fourth-order valence-corrected chi connectivity index (χ4v) is 2.54. The number of halogens is 5. The summed E-state index contributed by atoms with van der Waals surface area (Å²) in [4.78, 5) is 0. The predicted octanol–water partition coefficient (Wildman–Crippen LogP) is 4.83. The SMILES string of the molecule is NCC(Nc1cc(Cl)cc(C(F)(F)F)c1)c1occc1Br. The Morgan fingerprint density at radius 3 is 2.57 bits per heavy atom.